The highest BCUT2D eigenvalue weighted by Crippen LogP contribution is 2.23. The van der Waals surface area contributed by atoms with E-state index in [2.05, 4.69) is 5.10 Å². The van der Waals surface area contributed by atoms with Gasteiger partial charge in [-0.25, -0.2) is 14.0 Å². The quantitative estimate of drug-likeness (QED) is 0.618. The molecular formula is C13H12ClFN2O4. The van der Waals surface area contributed by atoms with Crippen molar-refractivity contribution < 1.29 is 23.5 Å². The molecule has 1 aromatic carbocycles. The van der Waals surface area contributed by atoms with Gasteiger partial charge < -0.3 is 9.47 Å². The number of nitrogens with zero attached hydrogens (tertiary/aromatic N) is 2. The molecule has 6 nitrogen and oxygen atoms in total. The number of benzene rings is 1. The van der Waals surface area contributed by atoms with Crippen LogP contribution in [0.2, 0.25) is 5.02 Å². The molecule has 0 N–H and O–H groups in total. The summed E-state index contributed by atoms with van der Waals surface area (Å²) in [7, 11) is 1.47. The monoisotopic (exact) mass is 314 g/mol. The number of hydrogen-bond donors (Lipinski definition) is 0. The number of cyclic esters (lactones) is 2. The Hall–Kier alpha value is -2.15. The van der Waals surface area contributed by atoms with E-state index in [1.807, 2.05) is 0 Å². The van der Waals surface area contributed by atoms with Crippen LogP contribution in [0.15, 0.2) is 23.3 Å². The molecule has 0 aliphatic carbocycles. The third kappa shape index (κ3) is 3.30. The van der Waals surface area contributed by atoms with Crippen molar-refractivity contribution in [3.8, 4) is 0 Å². The second kappa shape index (κ2) is 5.33. The molecule has 0 amide bonds. The Kier molecular flexibility index (Phi) is 3.87. The van der Waals surface area contributed by atoms with Crippen molar-refractivity contribution in [1.29, 1.82) is 0 Å². The van der Waals surface area contributed by atoms with Crippen LogP contribution in [0.25, 0.3) is 0 Å². The maximum absolute atomic E-state index is 13.1. The molecule has 1 fully saturated rings. The first kappa shape index (κ1) is 15.2. The van der Waals surface area contributed by atoms with Gasteiger partial charge in [-0.1, -0.05) is 11.6 Å². The van der Waals surface area contributed by atoms with Crippen molar-refractivity contribution in [3.05, 3.63) is 29.0 Å². The van der Waals surface area contributed by atoms with E-state index >= 15 is 0 Å². The SMILES string of the molecule is CN(N=C1C(=O)OC(C)(C)OC1=O)c1ccc(F)c(Cl)c1. The second-order valence-electron chi connectivity index (χ2n) is 4.75. The van der Waals surface area contributed by atoms with Crippen molar-refractivity contribution in [3.63, 3.8) is 0 Å². The fraction of sp³-hybridized carbons (Fsp3) is 0.308. The summed E-state index contributed by atoms with van der Waals surface area (Å²) in [5, 5.41) is 4.92. The molecule has 1 saturated heterocycles. The number of carbonyl (C=O) groups excluding carboxylic acids is 2. The molecule has 0 unspecified atom stereocenters. The van der Waals surface area contributed by atoms with E-state index in [0.717, 1.165) is 6.07 Å². The summed E-state index contributed by atoms with van der Waals surface area (Å²) in [5.74, 6) is -3.70. The van der Waals surface area contributed by atoms with Gasteiger partial charge in [0.05, 0.1) is 10.7 Å². The van der Waals surface area contributed by atoms with Gasteiger partial charge in [-0.2, -0.15) is 5.10 Å². The number of carbonyl (C=O) groups is 2. The van der Waals surface area contributed by atoms with Crippen LogP contribution in [0.1, 0.15) is 13.8 Å². The average Bonchev–Trinajstić information content (AvgIpc) is 2.35. The van der Waals surface area contributed by atoms with Crippen LogP contribution in [0, 0.1) is 5.82 Å². The zero-order valence-corrected chi connectivity index (χ0v) is 12.3. The zero-order chi connectivity index (χ0) is 15.8. The molecular weight excluding hydrogens is 303 g/mol. The Balaban J connectivity index is 2.28. The third-order valence-electron chi connectivity index (χ3n) is 2.59. The highest BCUT2D eigenvalue weighted by Gasteiger charge is 2.40. The number of anilines is 1. The summed E-state index contributed by atoms with van der Waals surface area (Å²) in [4.78, 5) is 23.5. The second-order valence-corrected chi connectivity index (χ2v) is 5.16. The molecule has 0 aromatic heterocycles. The van der Waals surface area contributed by atoms with E-state index in [1.54, 1.807) is 0 Å². The lowest BCUT2D eigenvalue weighted by Crippen LogP contribution is -2.47. The van der Waals surface area contributed by atoms with E-state index in [9.17, 15) is 14.0 Å². The summed E-state index contributed by atoms with van der Waals surface area (Å²) in [6.45, 7) is 2.87. The summed E-state index contributed by atoms with van der Waals surface area (Å²) < 4.78 is 22.9. The van der Waals surface area contributed by atoms with E-state index in [0.29, 0.717) is 5.69 Å². The minimum absolute atomic E-state index is 0.102. The first-order chi connectivity index (χ1) is 9.69. The molecule has 8 heteroatoms. The van der Waals surface area contributed by atoms with Crippen LogP contribution in [-0.2, 0) is 19.1 Å². The highest BCUT2D eigenvalue weighted by molar-refractivity contribution is 6.63. The fourth-order valence-corrected chi connectivity index (χ4v) is 1.80. The van der Waals surface area contributed by atoms with Gasteiger partial charge in [0.2, 0.25) is 0 Å². The van der Waals surface area contributed by atoms with Crippen molar-refractivity contribution in [1.82, 2.24) is 0 Å². The van der Waals surface area contributed by atoms with Crippen LogP contribution in [0.4, 0.5) is 10.1 Å². The number of hydrazone groups is 1. The summed E-state index contributed by atoms with van der Waals surface area (Å²) in [5.41, 5.74) is -0.114. The molecule has 0 spiro atoms. The van der Waals surface area contributed by atoms with Gasteiger partial charge in [-0.05, 0) is 18.2 Å². The van der Waals surface area contributed by atoms with Crippen LogP contribution in [-0.4, -0.2) is 30.5 Å². The molecule has 1 aliphatic heterocycles. The number of esters is 2. The maximum atomic E-state index is 13.1. The minimum Gasteiger partial charge on any atom is -0.418 e. The Labute approximate surface area is 125 Å². The van der Waals surface area contributed by atoms with Crippen LogP contribution >= 0.6 is 11.6 Å². The smallest absolute Gasteiger partial charge is 0.369 e. The Morgan fingerprint density at radius 2 is 1.81 bits per heavy atom. The number of hydrogen-bond acceptors (Lipinski definition) is 6. The molecule has 21 heavy (non-hydrogen) atoms. The normalized spacial score (nSPS) is 17.1. The molecule has 0 radical (unpaired) electrons. The van der Waals surface area contributed by atoms with Gasteiger partial charge >= 0.3 is 11.9 Å². The predicted octanol–water partition coefficient (Wildman–Crippen LogP) is 2.11. The van der Waals surface area contributed by atoms with Gasteiger partial charge in [-0.3, -0.25) is 5.01 Å². The lowest BCUT2D eigenvalue weighted by Gasteiger charge is -2.29. The Morgan fingerprint density at radius 3 is 2.33 bits per heavy atom. The lowest BCUT2D eigenvalue weighted by molar-refractivity contribution is -0.214. The predicted molar refractivity (Wildman–Crippen MR) is 73.5 cm³/mol. The van der Waals surface area contributed by atoms with E-state index in [1.165, 1.54) is 38.0 Å². The molecule has 0 atom stereocenters. The van der Waals surface area contributed by atoms with Crippen molar-refractivity contribution >= 4 is 34.9 Å². The number of ether oxygens (including phenoxy) is 2. The first-order valence-electron chi connectivity index (χ1n) is 5.94. The first-order valence-corrected chi connectivity index (χ1v) is 6.31. The van der Waals surface area contributed by atoms with Crippen molar-refractivity contribution in [2.75, 3.05) is 12.1 Å². The van der Waals surface area contributed by atoms with Gasteiger partial charge in [-0.15, -0.1) is 0 Å². The Morgan fingerprint density at radius 1 is 1.24 bits per heavy atom. The summed E-state index contributed by atoms with van der Waals surface area (Å²) in [6, 6.07) is 3.86. The van der Waals surface area contributed by atoms with E-state index in [-0.39, 0.29) is 5.02 Å². The third-order valence-corrected chi connectivity index (χ3v) is 2.88. The van der Waals surface area contributed by atoms with E-state index < -0.39 is 29.3 Å². The van der Waals surface area contributed by atoms with Crippen molar-refractivity contribution in [2.45, 2.75) is 19.6 Å². The summed E-state index contributed by atoms with van der Waals surface area (Å²) in [6.07, 6.45) is 0. The standard InChI is InChI=1S/C13H12ClFN2O4/c1-13(2)20-11(18)10(12(19)21-13)16-17(3)7-4-5-9(15)8(14)6-7/h4-6H,1-3H3. The Bertz CT molecular complexity index is 623. The van der Waals surface area contributed by atoms with Gasteiger partial charge in [0.1, 0.15) is 5.82 Å². The van der Waals surface area contributed by atoms with Crippen LogP contribution in [0.5, 0.6) is 0 Å². The molecule has 1 aliphatic rings. The average molecular weight is 315 g/mol. The van der Waals surface area contributed by atoms with Gasteiger partial charge in [0.25, 0.3) is 11.5 Å². The van der Waals surface area contributed by atoms with Crippen LogP contribution < -0.4 is 5.01 Å². The van der Waals surface area contributed by atoms with Gasteiger partial charge in [0, 0.05) is 20.9 Å². The summed E-state index contributed by atoms with van der Waals surface area (Å²) >= 11 is 5.66. The van der Waals surface area contributed by atoms with E-state index in [4.69, 9.17) is 21.1 Å². The molecule has 0 bridgehead atoms. The molecule has 2 rings (SSSR count). The molecule has 0 saturated carbocycles. The topological polar surface area (TPSA) is 68.2 Å². The zero-order valence-electron chi connectivity index (χ0n) is 11.5. The number of rotatable bonds is 2. The lowest BCUT2D eigenvalue weighted by atomic mass is 10.3. The number of halogens is 2. The molecule has 1 heterocycles. The van der Waals surface area contributed by atoms with Crippen LogP contribution in [0.3, 0.4) is 0 Å². The minimum atomic E-state index is -1.33. The maximum Gasteiger partial charge on any atom is 0.369 e. The fourth-order valence-electron chi connectivity index (χ4n) is 1.62. The molecule has 1 aromatic rings. The molecule has 112 valence electrons. The highest BCUT2D eigenvalue weighted by atomic mass is 35.5. The van der Waals surface area contributed by atoms with Gasteiger partial charge in [0.15, 0.2) is 0 Å². The van der Waals surface area contributed by atoms with Crippen molar-refractivity contribution in [2.24, 2.45) is 5.10 Å². The largest absolute Gasteiger partial charge is 0.418 e.